The molecule has 0 aliphatic rings. The maximum absolute atomic E-state index is 10.7. The van der Waals surface area contributed by atoms with Gasteiger partial charge in [0.1, 0.15) is 6.29 Å². The monoisotopic (exact) mass is 360 g/mol. The molecule has 104 valence electrons. The molecule has 3 aromatic rings. The zero-order chi connectivity index (χ0) is 14.8. The van der Waals surface area contributed by atoms with E-state index in [0.717, 1.165) is 27.7 Å². The van der Waals surface area contributed by atoms with Crippen molar-refractivity contribution < 1.29 is 4.79 Å². The predicted octanol–water partition coefficient (Wildman–Crippen LogP) is 4.77. The number of benzene rings is 2. The Hall–Kier alpha value is -1.91. The number of hydrogen-bond acceptors (Lipinski definition) is 2. The van der Waals surface area contributed by atoms with Gasteiger partial charge in [0.05, 0.1) is 22.7 Å². The Morgan fingerprint density at radius 3 is 2.62 bits per heavy atom. The molecule has 5 heteroatoms. The lowest BCUT2D eigenvalue weighted by Crippen LogP contribution is -1.91. The van der Waals surface area contributed by atoms with Gasteiger partial charge in [-0.25, -0.2) is 4.98 Å². The first kappa shape index (κ1) is 14.0. The minimum Gasteiger partial charge on any atom is -0.304 e. The van der Waals surface area contributed by atoms with Crippen molar-refractivity contribution >= 4 is 33.8 Å². The van der Waals surface area contributed by atoms with Crippen molar-refractivity contribution in [3.63, 3.8) is 0 Å². The highest BCUT2D eigenvalue weighted by Crippen LogP contribution is 2.26. The molecule has 0 saturated heterocycles. The van der Waals surface area contributed by atoms with Crippen molar-refractivity contribution in [3.05, 3.63) is 70.0 Å². The molecule has 0 aliphatic carbocycles. The molecule has 0 saturated carbocycles. The molecule has 0 amide bonds. The van der Waals surface area contributed by atoms with E-state index in [9.17, 15) is 4.79 Å². The van der Waals surface area contributed by atoms with Gasteiger partial charge in [0.2, 0.25) is 0 Å². The van der Waals surface area contributed by atoms with Crippen molar-refractivity contribution in [2.24, 2.45) is 0 Å². The molecule has 0 aliphatic heterocycles. The number of halogens is 2. The van der Waals surface area contributed by atoms with E-state index >= 15 is 0 Å². The molecule has 21 heavy (non-hydrogen) atoms. The fourth-order valence-corrected chi connectivity index (χ4v) is 2.58. The van der Waals surface area contributed by atoms with E-state index in [0.29, 0.717) is 10.6 Å². The lowest BCUT2D eigenvalue weighted by atomic mass is 10.1. The first-order valence-electron chi connectivity index (χ1n) is 6.22. The summed E-state index contributed by atoms with van der Waals surface area (Å²) in [5.74, 6) is 0. The second-order valence-corrected chi connectivity index (χ2v) is 5.82. The van der Waals surface area contributed by atoms with Crippen LogP contribution >= 0.6 is 27.5 Å². The van der Waals surface area contributed by atoms with Crippen molar-refractivity contribution in [1.29, 1.82) is 0 Å². The summed E-state index contributed by atoms with van der Waals surface area (Å²) in [4.78, 5) is 15.1. The van der Waals surface area contributed by atoms with Crippen LogP contribution in [-0.4, -0.2) is 15.8 Å². The Labute approximate surface area is 135 Å². The highest BCUT2D eigenvalue weighted by molar-refractivity contribution is 9.10. The maximum Gasteiger partial charge on any atom is 0.150 e. The molecule has 2 aromatic carbocycles. The van der Waals surface area contributed by atoms with Gasteiger partial charge in [-0.15, -0.1) is 0 Å². The van der Waals surface area contributed by atoms with Crippen LogP contribution in [0.1, 0.15) is 10.4 Å². The molecule has 3 rings (SSSR count). The molecule has 0 spiro atoms. The Morgan fingerprint density at radius 1 is 1.14 bits per heavy atom. The largest absolute Gasteiger partial charge is 0.304 e. The normalized spacial score (nSPS) is 10.6. The number of carbonyl (C=O) groups is 1. The summed E-state index contributed by atoms with van der Waals surface area (Å²) >= 11 is 9.65. The summed E-state index contributed by atoms with van der Waals surface area (Å²) in [6, 6.07) is 12.9. The van der Waals surface area contributed by atoms with Gasteiger partial charge in [-0.05, 0) is 18.2 Å². The van der Waals surface area contributed by atoms with E-state index in [1.54, 1.807) is 18.5 Å². The average molecular weight is 362 g/mol. The van der Waals surface area contributed by atoms with Gasteiger partial charge >= 0.3 is 0 Å². The minimum atomic E-state index is 0.646. The lowest BCUT2D eigenvalue weighted by molar-refractivity contribution is 0.112. The molecule has 3 nitrogen and oxygen atoms in total. The third-order valence-corrected chi connectivity index (χ3v) is 3.92. The third-order valence-electron chi connectivity index (χ3n) is 3.11. The van der Waals surface area contributed by atoms with Gasteiger partial charge in [-0.2, -0.15) is 0 Å². The molecule has 0 N–H and O–H groups in total. The number of hydrogen-bond donors (Lipinski definition) is 0. The Kier molecular flexibility index (Phi) is 3.90. The van der Waals surface area contributed by atoms with E-state index in [4.69, 9.17) is 11.6 Å². The van der Waals surface area contributed by atoms with Crippen LogP contribution in [0.3, 0.4) is 0 Å². The summed E-state index contributed by atoms with van der Waals surface area (Å²) in [6.45, 7) is 0. The predicted molar refractivity (Wildman–Crippen MR) is 87.1 cm³/mol. The van der Waals surface area contributed by atoms with E-state index < -0.39 is 0 Å². The van der Waals surface area contributed by atoms with E-state index in [2.05, 4.69) is 20.9 Å². The zero-order valence-electron chi connectivity index (χ0n) is 10.8. The number of rotatable bonds is 3. The van der Waals surface area contributed by atoms with Crippen molar-refractivity contribution in [3.8, 4) is 16.9 Å². The highest BCUT2D eigenvalue weighted by Gasteiger charge is 2.07. The molecule has 0 atom stereocenters. The Morgan fingerprint density at radius 2 is 1.90 bits per heavy atom. The fraction of sp³-hybridized carbons (Fsp3) is 0. The van der Waals surface area contributed by atoms with Gasteiger partial charge in [0.25, 0.3) is 0 Å². The second kappa shape index (κ2) is 5.84. The minimum absolute atomic E-state index is 0.646. The first-order chi connectivity index (χ1) is 10.2. The summed E-state index contributed by atoms with van der Waals surface area (Å²) in [6.07, 6.45) is 4.45. The van der Waals surface area contributed by atoms with Crippen LogP contribution in [0.5, 0.6) is 0 Å². The van der Waals surface area contributed by atoms with E-state index in [-0.39, 0.29) is 0 Å². The molecule has 1 aromatic heterocycles. The summed E-state index contributed by atoms with van der Waals surface area (Å²) in [5.41, 5.74) is 3.27. The van der Waals surface area contributed by atoms with Crippen LogP contribution in [0.15, 0.2) is 59.5 Å². The highest BCUT2D eigenvalue weighted by atomic mass is 79.9. The van der Waals surface area contributed by atoms with E-state index in [1.807, 2.05) is 41.1 Å². The van der Waals surface area contributed by atoms with Crippen LogP contribution < -0.4 is 0 Å². The number of aromatic nitrogens is 2. The maximum atomic E-state index is 10.7. The number of nitrogens with zero attached hydrogens (tertiary/aromatic N) is 2. The molecule has 1 heterocycles. The average Bonchev–Trinajstić information content (AvgIpc) is 2.99. The van der Waals surface area contributed by atoms with Crippen LogP contribution in [0.4, 0.5) is 0 Å². The molecule has 0 radical (unpaired) electrons. The standard InChI is InChI=1S/C16H10BrClN2O/c17-13-5-6-14(18)16(7-13)20-8-15(19-10-20)12-3-1-11(9-21)2-4-12/h1-10H. The SMILES string of the molecule is O=Cc1ccc(-c2cn(-c3cc(Br)ccc3Cl)cn2)cc1. The van der Waals surface area contributed by atoms with E-state index in [1.165, 1.54) is 0 Å². The van der Waals surface area contributed by atoms with Crippen molar-refractivity contribution in [2.45, 2.75) is 0 Å². The van der Waals surface area contributed by atoms with Gasteiger partial charge in [-0.3, -0.25) is 4.79 Å². The molecule has 0 fully saturated rings. The topological polar surface area (TPSA) is 34.9 Å². The van der Waals surface area contributed by atoms with Gasteiger partial charge in [0, 0.05) is 21.8 Å². The van der Waals surface area contributed by atoms with Gasteiger partial charge in [0.15, 0.2) is 0 Å². The fourth-order valence-electron chi connectivity index (χ4n) is 2.02. The molecular formula is C16H10BrClN2O. The summed E-state index contributed by atoms with van der Waals surface area (Å²) in [5, 5.41) is 0.651. The van der Waals surface area contributed by atoms with Crippen LogP contribution in [0, 0.1) is 0 Å². The number of carbonyl (C=O) groups excluding carboxylic acids is 1. The smallest absolute Gasteiger partial charge is 0.150 e. The van der Waals surface area contributed by atoms with Crippen LogP contribution in [-0.2, 0) is 0 Å². The summed E-state index contributed by atoms with van der Waals surface area (Å²) < 4.78 is 2.82. The van der Waals surface area contributed by atoms with Gasteiger partial charge in [-0.1, -0.05) is 51.8 Å². The lowest BCUT2D eigenvalue weighted by Gasteiger charge is -2.05. The Bertz CT molecular complexity index is 796. The molecule has 0 bridgehead atoms. The van der Waals surface area contributed by atoms with Gasteiger partial charge < -0.3 is 4.57 Å². The zero-order valence-corrected chi connectivity index (χ0v) is 13.2. The van der Waals surface area contributed by atoms with Crippen LogP contribution in [0.25, 0.3) is 16.9 Å². The van der Waals surface area contributed by atoms with Crippen LogP contribution in [0.2, 0.25) is 5.02 Å². The quantitative estimate of drug-likeness (QED) is 0.630. The first-order valence-corrected chi connectivity index (χ1v) is 7.39. The third kappa shape index (κ3) is 2.91. The van der Waals surface area contributed by atoms with Crippen molar-refractivity contribution in [1.82, 2.24) is 9.55 Å². The number of aldehydes is 1. The second-order valence-electron chi connectivity index (χ2n) is 4.50. The number of imidazole rings is 1. The van der Waals surface area contributed by atoms with Crippen molar-refractivity contribution in [2.75, 3.05) is 0 Å². The molecular weight excluding hydrogens is 352 g/mol. The summed E-state index contributed by atoms with van der Waals surface area (Å²) in [7, 11) is 0. The molecule has 0 unspecified atom stereocenters. The Balaban J connectivity index is 1.99.